The van der Waals surface area contributed by atoms with Crippen LogP contribution in [0.15, 0.2) is 66.4 Å². The molecule has 3 heteroatoms. The lowest BCUT2D eigenvalue weighted by molar-refractivity contribution is 0.643. The Balaban J connectivity index is 1.68. The Kier molecular flexibility index (Phi) is 2.39. The number of fused-ring (bicyclic) bond motifs is 5. The molecule has 5 rings (SSSR count). The molecule has 22 heavy (non-hydrogen) atoms. The van der Waals surface area contributed by atoms with E-state index in [-0.39, 0.29) is 6.04 Å². The number of hydrazine groups is 1. The smallest absolute Gasteiger partial charge is 0.113 e. The molecule has 1 aliphatic heterocycles. The van der Waals surface area contributed by atoms with Gasteiger partial charge in [-0.1, -0.05) is 36.4 Å². The van der Waals surface area contributed by atoms with Crippen molar-refractivity contribution < 1.29 is 0 Å². The summed E-state index contributed by atoms with van der Waals surface area (Å²) in [7, 11) is 0. The Hall–Kier alpha value is -2.68. The first-order valence-electron chi connectivity index (χ1n) is 7.81. The minimum Gasteiger partial charge on any atom is -0.356 e. The van der Waals surface area contributed by atoms with Crippen molar-refractivity contribution in [2.75, 3.05) is 5.01 Å². The van der Waals surface area contributed by atoms with Gasteiger partial charge in [-0.3, -0.25) is 5.01 Å². The van der Waals surface area contributed by atoms with Crippen molar-refractivity contribution in [1.82, 2.24) is 10.4 Å². The van der Waals surface area contributed by atoms with Gasteiger partial charge in [-0.05, 0) is 42.2 Å². The first-order valence-corrected chi connectivity index (χ1v) is 7.81. The van der Waals surface area contributed by atoms with Crippen molar-refractivity contribution in [2.45, 2.75) is 18.9 Å². The van der Waals surface area contributed by atoms with Gasteiger partial charge in [0.1, 0.15) is 6.04 Å². The molecule has 1 atom stereocenters. The highest BCUT2D eigenvalue weighted by molar-refractivity contribution is 5.86. The summed E-state index contributed by atoms with van der Waals surface area (Å²) in [6, 6.07) is 19.4. The minimum absolute atomic E-state index is 0.276. The van der Waals surface area contributed by atoms with E-state index >= 15 is 0 Å². The van der Waals surface area contributed by atoms with Crippen LogP contribution in [-0.4, -0.2) is 4.98 Å². The minimum atomic E-state index is 0.276. The molecule has 0 saturated carbocycles. The summed E-state index contributed by atoms with van der Waals surface area (Å²) in [5, 5.41) is 3.64. The van der Waals surface area contributed by atoms with E-state index in [0.29, 0.717) is 0 Å². The predicted molar refractivity (Wildman–Crippen MR) is 89.5 cm³/mol. The van der Waals surface area contributed by atoms with E-state index in [1.165, 1.54) is 33.4 Å². The number of anilines is 1. The Morgan fingerprint density at radius 1 is 0.909 bits per heavy atom. The van der Waals surface area contributed by atoms with Crippen LogP contribution < -0.4 is 10.4 Å². The summed E-state index contributed by atoms with van der Waals surface area (Å²) in [4.78, 5) is 3.66. The molecule has 0 saturated heterocycles. The SMILES string of the molecule is C1=C2CCc3c([nH]c4ccccc34)[C@@H]2N(c2ccccc2)N1. The number of benzene rings is 2. The maximum atomic E-state index is 3.66. The number of nitrogens with zero attached hydrogens (tertiary/aromatic N) is 1. The van der Waals surface area contributed by atoms with Crippen molar-refractivity contribution in [3.63, 3.8) is 0 Å². The molecule has 0 bridgehead atoms. The second kappa shape index (κ2) is 4.41. The van der Waals surface area contributed by atoms with Gasteiger partial charge in [0.15, 0.2) is 0 Å². The lowest BCUT2D eigenvalue weighted by Crippen LogP contribution is -2.34. The Morgan fingerprint density at radius 2 is 1.73 bits per heavy atom. The van der Waals surface area contributed by atoms with Gasteiger partial charge in [0.05, 0.1) is 5.69 Å². The molecule has 3 aromatic rings. The average molecular weight is 287 g/mol. The quantitative estimate of drug-likeness (QED) is 0.707. The van der Waals surface area contributed by atoms with Crippen LogP contribution >= 0.6 is 0 Å². The fraction of sp³-hybridized carbons (Fsp3) is 0.158. The fourth-order valence-electron chi connectivity index (χ4n) is 3.80. The van der Waals surface area contributed by atoms with E-state index in [2.05, 4.69) is 76.2 Å². The van der Waals surface area contributed by atoms with E-state index in [4.69, 9.17) is 0 Å². The maximum Gasteiger partial charge on any atom is 0.113 e. The molecule has 0 radical (unpaired) electrons. The molecular weight excluding hydrogens is 270 g/mol. The molecule has 0 amide bonds. The van der Waals surface area contributed by atoms with Gasteiger partial charge in [0.2, 0.25) is 0 Å². The van der Waals surface area contributed by atoms with E-state index < -0.39 is 0 Å². The summed E-state index contributed by atoms with van der Waals surface area (Å²) in [6.45, 7) is 0. The van der Waals surface area contributed by atoms with Crippen LogP contribution in [0.2, 0.25) is 0 Å². The summed E-state index contributed by atoms with van der Waals surface area (Å²) in [5.41, 5.74) is 10.2. The van der Waals surface area contributed by atoms with Crippen molar-refractivity contribution in [3.8, 4) is 0 Å². The largest absolute Gasteiger partial charge is 0.356 e. The summed E-state index contributed by atoms with van der Waals surface area (Å²) in [5.74, 6) is 0. The van der Waals surface area contributed by atoms with Crippen LogP contribution in [0.4, 0.5) is 5.69 Å². The Bertz CT molecular complexity index is 876. The molecule has 108 valence electrons. The zero-order valence-corrected chi connectivity index (χ0v) is 12.2. The second-order valence-electron chi connectivity index (χ2n) is 6.02. The van der Waals surface area contributed by atoms with Crippen LogP contribution in [-0.2, 0) is 6.42 Å². The number of aryl methyl sites for hydroxylation is 1. The molecule has 1 aromatic heterocycles. The molecule has 2 heterocycles. The zero-order chi connectivity index (χ0) is 14.5. The standard InChI is InChI=1S/C19H17N3/c1-2-6-14(7-3-1)22-19-13(12-20-22)10-11-16-15-8-4-5-9-17(15)21-18(16)19/h1-9,12,19-21H,10-11H2/t19-/m1/s1. The van der Waals surface area contributed by atoms with Crippen molar-refractivity contribution in [2.24, 2.45) is 0 Å². The first kappa shape index (κ1) is 11.9. The number of aromatic nitrogens is 1. The number of hydrogen-bond acceptors (Lipinski definition) is 2. The van der Waals surface area contributed by atoms with Gasteiger partial charge >= 0.3 is 0 Å². The highest BCUT2D eigenvalue weighted by Crippen LogP contribution is 2.43. The lowest BCUT2D eigenvalue weighted by atomic mass is 9.88. The molecule has 2 aliphatic rings. The third-order valence-corrected chi connectivity index (χ3v) is 4.82. The van der Waals surface area contributed by atoms with Crippen LogP contribution in [0.3, 0.4) is 0 Å². The monoisotopic (exact) mass is 287 g/mol. The second-order valence-corrected chi connectivity index (χ2v) is 6.02. The van der Waals surface area contributed by atoms with Gasteiger partial charge in [-0.15, -0.1) is 0 Å². The van der Waals surface area contributed by atoms with E-state index in [1.807, 2.05) is 0 Å². The van der Waals surface area contributed by atoms with Gasteiger partial charge in [-0.2, -0.15) is 0 Å². The topological polar surface area (TPSA) is 31.1 Å². The van der Waals surface area contributed by atoms with Crippen molar-refractivity contribution >= 4 is 16.6 Å². The molecule has 1 aliphatic carbocycles. The van der Waals surface area contributed by atoms with Crippen molar-refractivity contribution in [3.05, 3.63) is 77.6 Å². The van der Waals surface area contributed by atoms with Crippen LogP contribution in [0.1, 0.15) is 23.7 Å². The molecule has 0 unspecified atom stereocenters. The molecule has 2 aromatic carbocycles. The third-order valence-electron chi connectivity index (χ3n) is 4.82. The predicted octanol–water partition coefficient (Wildman–Crippen LogP) is 4.06. The number of aromatic amines is 1. The Labute approximate surface area is 129 Å². The number of nitrogens with one attached hydrogen (secondary N) is 2. The molecule has 0 fully saturated rings. The highest BCUT2D eigenvalue weighted by atomic mass is 15.5. The zero-order valence-electron chi connectivity index (χ0n) is 12.2. The summed E-state index contributed by atoms with van der Waals surface area (Å²) >= 11 is 0. The summed E-state index contributed by atoms with van der Waals surface area (Å²) in [6.07, 6.45) is 4.41. The van der Waals surface area contributed by atoms with Crippen LogP contribution in [0.25, 0.3) is 10.9 Å². The number of hydrogen-bond donors (Lipinski definition) is 2. The summed E-state index contributed by atoms with van der Waals surface area (Å²) < 4.78 is 0. The lowest BCUT2D eigenvalue weighted by Gasteiger charge is -2.31. The average Bonchev–Trinajstić information content (AvgIpc) is 3.16. The Morgan fingerprint density at radius 3 is 2.64 bits per heavy atom. The normalized spacial score (nSPS) is 19.5. The molecule has 3 nitrogen and oxygen atoms in total. The van der Waals surface area contributed by atoms with E-state index in [0.717, 1.165) is 12.8 Å². The molecule has 2 N–H and O–H groups in total. The van der Waals surface area contributed by atoms with E-state index in [9.17, 15) is 0 Å². The van der Waals surface area contributed by atoms with Gasteiger partial charge in [-0.25, -0.2) is 0 Å². The molecule has 0 spiro atoms. The number of para-hydroxylation sites is 2. The first-order chi connectivity index (χ1) is 10.9. The van der Waals surface area contributed by atoms with Crippen LogP contribution in [0.5, 0.6) is 0 Å². The van der Waals surface area contributed by atoms with Crippen LogP contribution in [0, 0.1) is 0 Å². The van der Waals surface area contributed by atoms with Gasteiger partial charge in [0, 0.05) is 22.8 Å². The third kappa shape index (κ3) is 1.56. The molecular formula is C19H17N3. The fourth-order valence-corrected chi connectivity index (χ4v) is 3.80. The number of rotatable bonds is 1. The van der Waals surface area contributed by atoms with E-state index in [1.54, 1.807) is 0 Å². The van der Waals surface area contributed by atoms with Gasteiger partial charge in [0.25, 0.3) is 0 Å². The highest BCUT2D eigenvalue weighted by Gasteiger charge is 2.35. The maximum absolute atomic E-state index is 3.66. The van der Waals surface area contributed by atoms with Gasteiger partial charge < -0.3 is 10.4 Å². The number of H-pyrrole nitrogens is 1. The van der Waals surface area contributed by atoms with Crippen molar-refractivity contribution in [1.29, 1.82) is 0 Å².